The van der Waals surface area contributed by atoms with E-state index in [1.165, 1.54) is 16.7 Å². The van der Waals surface area contributed by atoms with Gasteiger partial charge in [0.25, 0.3) is 5.91 Å². The number of thiocarbonyl (C=S) groups is 1. The molecule has 162 valence electrons. The highest BCUT2D eigenvalue weighted by molar-refractivity contribution is 8.27. The molecule has 8 heteroatoms. The third kappa shape index (κ3) is 4.94. The monoisotopic (exact) mass is 501 g/mol. The Balaban J connectivity index is 1.57. The molecule has 0 aromatic heterocycles. The van der Waals surface area contributed by atoms with E-state index in [1.54, 1.807) is 37.5 Å². The third-order valence-electron chi connectivity index (χ3n) is 4.65. The summed E-state index contributed by atoms with van der Waals surface area (Å²) in [4.78, 5) is 15.0. The molecule has 3 aromatic rings. The Morgan fingerprint density at radius 3 is 2.47 bits per heavy atom. The van der Waals surface area contributed by atoms with Crippen LogP contribution in [0.1, 0.15) is 11.1 Å². The summed E-state index contributed by atoms with van der Waals surface area (Å²) in [7, 11) is 1.54. The number of thioether (sulfide) groups is 1. The Morgan fingerprint density at radius 1 is 1.06 bits per heavy atom. The molecule has 0 N–H and O–H groups in total. The summed E-state index contributed by atoms with van der Waals surface area (Å²) in [5, 5.41) is 1.04. The number of carbonyl (C=O) groups excluding carboxylic acids is 1. The Kier molecular flexibility index (Phi) is 7.06. The van der Waals surface area contributed by atoms with Gasteiger partial charge in [0, 0.05) is 5.02 Å². The Morgan fingerprint density at radius 2 is 1.78 bits per heavy atom. The van der Waals surface area contributed by atoms with Crippen molar-refractivity contribution in [3.8, 4) is 11.5 Å². The zero-order valence-corrected chi connectivity index (χ0v) is 20.0. The van der Waals surface area contributed by atoms with Gasteiger partial charge in [-0.05, 0) is 53.6 Å². The molecule has 32 heavy (non-hydrogen) atoms. The lowest BCUT2D eigenvalue weighted by atomic mass is 10.1. The minimum Gasteiger partial charge on any atom is -0.493 e. The van der Waals surface area contributed by atoms with Crippen molar-refractivity contribution in [1.29, 1.82) is 0 Å². The molecular formula is C24H17Cl2NO3S2. The molecule has 3 aromatic carbocycles. The number of rotatable bonds is 6. The first-order valence-electron chi connectivity index (χ1n) is 9.54. The highest BCUT2D eigenvalue weighted by Crippen LogP contribution is 2.40. The number of methoxy groups -OCH3 is 1. The maximum Gasteiger partial charge on any atom is 0.270 e. The Hall–Kier alpha value is -2.51. The van der Waals surface area contributed by atoms with E-state index in [0.717, 1.165) is 11.3 Å². The van der Waals surface area contributed by atoms with Crippen LogP contribution >= 0.6 is 47.2 Å². The number of carbonyl (C=O) groups is 1. The first-order chi connectivity index (χ1) is 15.5. The highest BCUT2D eigenvalue weighted by Gasteiger charge is 2.33. The van der Waals surface area contributed by atoms with E-state index in [0.29, 0.717) is 42.9 Å². The number of hydrogen-bond acceptors (Lipinski definition) is 5. The van der Waals surface area contributed by atoms with Gasteiger partial charge in [-0.25, -0.2) is 0 Å². The van der Waals surface area contributed by atoms with Crippen molar-refractivity contribution in [2.24, 2.45) is 0 Å². The topological polar surface area (TPSA) is 38.8 Å². The average Bonchev–Trinajstić information content (AvgIpc) is 3.07. The molecule has 1 aliphatic rings. The molecule has 1 saturated heterocycles. The molecule has 1 heterocycles. The Bertz CT molecular complexity index is 1200. The SMILES string of the molecule is COc1cc(/C=C2/SC(=S)N(c3ccccc3)C2=O)cc(Cl)c1OCc1ccc(Cl)cc1. The van der Waals surface area contributed by atoms with Gasteiger partial charge in [0.1, 0.15) is 6.61 Å². The summed E-state index contributed by atoms with van der Waals surface area (Å²) in [5.74, 6) is 0.721. The minimum absolute atomic E-state index is 0.177. The van der Waals surface area contributed by atoms with Crippen molar-refractivity contribution >= 4 is 69.2 Å². The van der Waals surface area contributed by atoms with Crippen LogP contribution in [0.15, 0.2) is 71.6 Å². The quantitative estimate of drug-likeness (QED) is 0.269. The van der Waals surface area contributed by atoms with Crippen LogP contribution in [0.3, 0.4) is 0 Å². The standard InChI is InChI=1S/C24H17Cl2NO3S2/c1-29-20-12-16(11-19(26)22(20)30-14-15-7-9-17(25)10-8-15)13-21-23(28)27(24(31)32-21)18-5-3-2-4-6-18/h2-13H,14H2,1H3/b21-13+. The molecular weight excluding hydrogens is 485 g/mol. The number of halogens is 2. The number of benzene rings is 3. The smallest absolute Gasteiger partial charge is 0.270 e. The number of ether oxygens (including phenoxy) is 2. The van der Waals surface area contributed by atoms with Crippen molar-refractivity contribution < 1.29 is 14.3 Å². The predicted molar refractivity (Wildman–Crippen MR) is 136 cm³/mol. The largest absolute Gasteiger partial charge is 0.493 e. The van der Waals surface area contributed by atoms with Crippen LogP contribution in [0, 0.1) is 0 Å². The van der Waals surface area contributed by atoms with Gasteiger partial charge in [-0.3, -0.25) is 9.69 Å². The normalized spacial score (nSPS) is 14.8. The van der Waals surface area contributed by atoms with Crippen LogP contribution in [-0.2, 0) is 11.4 Å². The molecule has 0 bridgehead atoms. The van der Waals surface area contributed by atoms with Crippen LogP contribution in [0.25, 0.3) is 6.08 Å². The van der Waals surface area contributed by atoms with Crippen LogP contribution in [0.2, 0.25) is 10.0 Å². The first kappa shape index (κ1) is 22.7. The molecule has 1 amide bonds. The minimum atomic E-state index is -0.177. The lowest BCUT2D eigenvalue weighted by Gasteiger charge is -2.14. The molecule has 0 unspecified atom stereocenters. The third-order valence-corrected chi connectivity index (χ3v) is 6.49. The van der Waals surface area contributed by atoms with Gasteiger partial charge >= 0.3 is 0 Å². The van der Waals surface area contributed by atoms with E-state index >= 15 is 0 Å². The van der Waals surface area contributed by atoms with Crippen molar-refractivity contribution in [2.75, 3.05) is 12.0 Å². The number of nitrogens with zero attached hydrogens (tertiary/aromatic N) is 1. The molecule has 0 atom stereocenters. The molecule has 1 fully saturated rings. The summed E-state index contributed by atoms with van der Waals surface area (Å²) in [6.45, 7) is 0.308. The second kappa shape index (κ2) is 9.96. The molecule has 4 nitrogen and oxygen atoms in total. The van der Waals surface area contributed by atoms with E-state index in [4.69, 9.17) is 44.9 Å². The first-order valence-corrected chi connectivity index (χ1v) is 11.5. The number of amides is 1. The predicted octanol–water partition coefficient (Wildman–Crippen LogP) is 6.99. The average molecular weight is 502 g/mol. The zero-order valence-electron chi connectivity index (χ0n) is 16.9. The lowest BCUT2D eigenvalue weighted by Crippen LogP contribution is -2.27. The number of anilines is 1. The second-order valence-corrected chi connectivity index (χ2v) is 9.32. The second-order valence-electron chi connectivity index (χ2n) is 6.80. The summed E-state index contributed by atoms with van der Waals surface area (Å²) < 4.78 is 11.9. The Labute approximate surface area is 205 Å². The van der Waals surface area contributed by atoms with Crippen molar-refractivity contribution in [2.45, 2.75) is 6.61 Å². The van der Waals surface area contributed by atoms with Crippen LogP contribution in [0.4, 0.5) is 5.69 Å². The maximum atomic E-state index is 13.0. The van der Waals surface area contributed by atoms with Crippen molar-refractivity contribution in [1.82, 2.24) is 0 Å². The summed E-state index contributed by atoms with van der Waals surface area (Å²) >= 11 is 19.1. The van der Waals surface area contributed by atoms with Crippen LogP contribution < -0.4 is 14.4 Å². The van der Waals surface area contributed by atoms with Gasteiger partial charge in [0.05, 0.1) is 22.7 Å². The van der Waals surface area contributed by atoms with Gasteiger partial charge in [0.15, 0.2) is 15.8 Å². The van der Waals surface area contributed by atoms with E-state index in [2.05, 4.69) is 0 Å². The van der Waals surface area contributed by atoms with Crippen molar-refractivity contribution in [3.63, 3.8) is 0 Å². The van der Waals surface area contributed by atoms with E-state index in [9.17, 15) is 4.79 Å². The van der Waals surface area contributed by atoms with Gasteiger partial charge in [-0.2, -0.15) is 0 Å². The van der Waals surface area contributed by atoms with E-state index in [1.807, 2.05) is 42.5 Å². The molecule has 0 aliphatic carbocycles. The van der Waals surface area contributed by atoms with Gasteiger partial charge in [-0.15, -0.1) is 0 Å². The van der Waals surface area contributed by atoms with Gasteiger partial charge < -0.3 is 9.47 Å². The van der Waals surface area contributed by atoms with Crippen LogP contribution in [0.5, 0.6) is 11.5 Å². The van der Waals surface area contributed by atoms with E-state index < -0.39 is 0 Å². The van der Waals surface area contributed by atoms with Crippen molar-refractivity contribution in [3.05, 3.63) is 92.8 Å². The fourth-order valence-electron chi connectivity index (χ4n) is 3.12. The lowest BCUT2D eigenvalue weighted by molar-refractivity contribution is -0.113. The van der Waals surface area contributed by atoms with Gasteiger partial charge in [0.2, 0.25) is 0 Å². The summed E-state index contributed by atoms with van der Waals surface area (Å²) in [6, 6.07) is 20.2. The molecule has 0 radical (unpaired) electrons. The fourth-order valence-corrected chi connectivity index (χ4v) is 4.82. The summed E-state index contributed by atoms with van der Waals surface area (Å²) in [6.07, 6.45) is 1.75. The molecule has 0 spiro atoms. The molecule has 1 aliphatic heterocycles. The highest BCUT2D eigenvalue weighted by atomic mass is 35.5. The molecule has 4 rings (SSSR count). The molecule has 0 saturated carbocycles. The van der Waals surface area contributed by atoms with E-state index in [-0.39, 0.29) is 5.91 Å². The van der Waals surface area contributed by atoms with Gasteiger partial charge in [-0.1, -0.05) is 77.5 Å². The summed E-state index contributed by atoms with van der Waals surface area (Å²) in [5.41, 5.74) is 2.39. The zero-order chi connectivity index (χ0) is 22.7. The number of hydrogen-bond donors (Lipinski definition) is 0. The number of para-hydroxylation sites is 1. The van der Waals surface area contributed by atoms with Crippen LogP contribution in [-0.4, -0.2) is 17.3 Å². The fraction of sp³-hybridized carbons (Fsp3) is 0.0833. The maximum absolute atomic E-state index is 13.0.